The number of benzene rings is 3. The van der Waals surface area contributed by atoms with Gasteiger partial charge in [0.25, 0.3) is 11.5 Å². The second-order valence-electron chi connectivity index (χ2n) is 9.56. The van der Waals surface area contributed by atoms with Crippen molar-refractivity contribution in [2.24, 2.45) is 5.10 Å². The maximum absolute atomic E-state index is 13.7. The van der Waals surface area contributed by atoms with Gasteiger partial charge in [0.1, 0.15) is 0 Å². The molecule has 0 unspecified atom stereocenters. The molecule has 4 aromatic rings. The minimum atomic E-state index is -0.291. The summed E-state index contributed by atoms with van der Waals surface area (Å²) in [6, 6.07) is 25.3. The number of carbonyl (C=O) groups is 1. The third-order valence-electron chi connectivity index (χ3n) is 7.14. The van der Waals surface area contributed by atoms with Crippen LogP contribution in [0.3, 0.4) is 0 Å². The number of nitrogens with zero attached hydrogens (tertiary/aromatic N) is 3. The summed E-state index contributed by atoms with van der Waals surface area (Å²) in [5.41, 5.74) is 4.38. The number of ether oxygens (including phenoxy) is 1. The molecule has 1 fully saturated rings. The van der Waals surface area contributed by atoms with Crippen molar-refractivity contribution in [3.63, 3.8) is 0 Å². The van der Waals surface area contributed by atoms with Gasteiger partial charge in [0.05, 0.1) is 37.1 Å². The molecule has 0 saturated carbocycles. The molecule has 1 aromatic heterocycles. The van der Waals surface area contributed by atoms with Gasteiger partial charge in [-0.05, 0) is 29.3 Å². The summed E-state index contributed by atoms with van der Waals surface area (Å²) < 4.78 is 6.36. The maximum atomic E-state index is 13.7. The molecule has 0 spiro atoms. The van der Waals surface area contributed by atoms with E-state index in [2.05, 4.69) is 25.8 Å². The van der Waals surface area contributed by atoms with Gasteiger partial charge in [-0.15, -0.1) is 0 Å². The summed E-state index contributed by atoms with van der Waals surface area (Å²) in [6.07, 6.45) is 0.446. The third kappa shape index (κ3) is 4.82. The number of hydrogen-bond acceptors (Lipinski definition) is 5. The average Bonchev–Trinajstić information content (AvgIpc) is 3.39. The fourth-order valence-electron chi connectivity index (χ4n) is 5.29. The normalized spacial score (nSPS) is 18.1. The van der Waals surface area contributed by atoms with Crippen molar-refractivity contribution >= 4 is 38.5 Å². The van der Waals surface area contributed by atoms with Crippen LogP contribution in [0.2, 0.25) is 0 Å². The number of H-pyrrole nitrogens is 1. The lowest BCUT2D eigenvalue weighted by atomic mass is 9.91. The predicted molar refractivity (Wildman–Crippen MR) is 152 cm³/mol. The van der Waals surface area contributed by atoms with E-state index in [4.69, 9.17) is 9.84 Å². The molecule has 1 saturated heterocycles. The van der Waals surface area contributed by atoms with E-state index in [1.54, 1.807) is 5.01 Å². The molecule has 6 rings (SSSR count). The maximum Gasteiger partial charge on any atom is 0.258 e. The van der Waals surface area contributed by atoms with Gasteiger partial charge in [0, 0.05) is 40.4 Å². The van der Waals surface area contributed by atoms with Gasteiger partial charge >= 0.3 is 0 Å². The first-order valence-corrected chi connectivity index (χ1v) is 13.5. The molecule has 1 N–H and O–H groups in total. The van der Waals surface area contributed by atoms with Gasteiger partial charge < -0.3 is 9.72 Å². The van der Waals surface area contributed by atoms with Crippen molar-refractivity contribution < 1.29 is 9.53 Å². The summed E-state index contributed by atoms with van der Waals surface area (Å²) in [7, 11) is 0. The molecule has 7 nitrogen and oxygen atoms in total. The van der Waals surface area contributed by atoms with E-state index in [9.17, 15) is 9.59 Å². The Bertz CT molecular complexity index is 1560. The standard InChI is InChI=1S/C30H27BrN4O3/c31-22-11-12-24-23(17-22)28(21-9-5-2-6-10-21)29(30(37)32-24)25-18-26(20-7-3-1-4-8-20)35(33-25)27(36)19-34-13-15-38-16-14-34/h1-12,17,26H,13-16,18-19H2,(H,32,37)/t26-/m1/s1. The molecule has 0 radical (unpaired) electrons. The predicted octanol–water partition coefficient (Wildman–Crippen LogP) is 4.97. The van der Waals surface area contributed by atoms with Gasteiger partial charge in [-0.1, -0.05) is 76.6 Å². The van der Waals surface area contributed by atoms with Crippen LogP contribution in [0.5, 0.6) is 0 Å². The smallest absolute Gasteiger partial charge is 0.258 e. The molecule has 1 amide bonds. The molecule has 192 valence electrons. The third-order valence-corrected chi connectivity index (χ3v) is 7.63. The summed E-state index contributed by atoms with van der Waals surface area (Å²) in [5, 5.41) is 7.37. The van der Waals surface area contributed by atoms with E-state index in [0.717, 1.165) is 32.1 Å². The Labute approximate surface area is 228 Å². The van der Waals surface area contributed by atoms with E-state index in [-0.39, 0.29) is 24.1 Å². The molecule has 2 aliphatic heterocycles. The van der Waals surface area contributed by atoms with Crippen LogP contribution in [-0.4, -0.2) is 59.4 Å². The SMILES string of the molecule is O=C(CN1CCOCC1)N1N=C(c2c(-c3ccccc3)c3cc(Br)ccc3[nH]c2=O)C[C@@H]1c1ccccc1. The number of halogens is 1. The monoisotopic (exact) mass is 570 g/mol. The number of hydrazone groups is 1. The lowest BCUT2D eigenvalue weighted by Crippen LogP contribution is -2.43. The summed E-state index contributed by atoms with van der Waals surface area (Å²) >= 11 is 3.59. The van der Waals surface area contributed by atoms with Crippen LogP contribution >= 0.6 is 15.9 Å². The molecule has 3 heterocycles. The van der Waals surface area contributed by atoms with E-state index < -0.39 is 0 Å². The Morgan fingerprint density at radius 2 is 1.68 bits per heavy atom. The van der Waals surface area contributed by atoms with E-state index in [1.165, 1.54) is 0 Å². The van der Waals surface area contributed by atoms with Crippen molar-refractivity contribution in [2.75, 3.05) is 32.8 Å². The summed E-state index contributed by atoms with van der Waals surface area (Å²) in [6.45, 7) is 2.92. The first-order chi connectivity index (χ1) is 18.6. The summed E-state index contributed by atoms with van der Waals surface area (Å²) in [4.78, 5) is 32.4. The topological polar surface area (TPSA) is 78.0 Å². The van der Waals surface area contributed by atoms with Crippen molar-refractivity contribution in [3.8, 4) is 11.1 Å². The molecule has 2 aliphatic rings. The molecule has 8 heteroatoms. The van der Waals surface area contributed by atoms with Crippen LogP contribution in [-0.2, 0) is 9.53 Å². The lowest BCUT2D eigenvalue weighted by Gasteiger charge is -2.29. The second-order valence-corrected chi connectivity index (χ2v) is 10.5. The molecular weight excluding hydrogens is 544 g/mol. The van der Waals surface area contributed by atoms with Gasteiger partial charge in [-0.2, -0.15) is 5.10 Å². The molecule has 0 bridgehead atoms. The zero-order chi connectivity index (χ0) is 26.1. The number of amides is 1. The number of hydrogen-bond donors (Lipinski definition) is 1. The molecule has 1 atom stereocenters. The zero-order valence-electron chi connectivity index (χ0n) is 20.8. The fraction of sp³-hybridized carbons (Fsp3) is 0.233. The fourth-order valence-corrected chi connectivity index (χ4v) is 5.66. The minimum absolute atomic E-state index is 0.0861. The quantitative estimate of drug-likeness (QED) is 0.367. The highest BCUT2D eigenvalue weighted by molar-refractivity contribution is 9.10. The Kier molecular flexibility index (Phi) is 6.93. The number of aromatic amines is 1. The van der Waals surface area contributed by atoms with Crippen LogP contribution < -0.4 is 5.56 Å². The zero-order valence-corrected chi connectivity index (χ0v) is 22.4. The van der Waals surface area contributed by atoms with E-state index in [0.29, 0.717) is 44.0 Å². The van der Waals surface area contributed by atoms with Gasteiger partial charge in [-0.25, -0.2) is 5.01 Å². The van der Waals surface area contributed by atoms with Crippen LogP contribution in [0.15, 0.2) is 93.2 Å². The molecule has 0 aliphatic carbocycles. The van der Waals surface area contributed by atoms with Crippen molar-refractivity contribution in [2.45, 2.75) is 12.5 Å². The first kappa shape index (κ1) is 24.7. The van der Waals surface area contributed by atoms with Crippen LogP contribution in [0.4, 0.5) is 0 Å². The van der Waals surface area contributed by atoms with Crippen LogP contribution in [0.25, 0.3) is 22.0 Å². The van der Waals surface area contributed by atoms with E-state index in [1.807, 2.05) is 78.9 Å². The highest BCUT2D eigenvalue weighted by Crippen LogP contribution is 2.37. The lowest BCUT2D eigenvalue weighted by molar-refractivity contribution is -0.135. The van der Waals surface area contributed by atoms with Crippen molar-refractivity contribution in [1.82, 2.24) is 14.9 Å². The molecule has 38 heavy (non-hydrogen) atoms. The average molecular weight is 571 g/mol. The van der Waals surface area contributed by atoms with Crippen LogP contribution in [0, 0.1) is 0 Å². The highest BCUT2D eigenvalue weighted by Gasteiger charge is 2.36. The minimum Gasteiger partial charge on any atom is -0.379 e. The van der Waals surface area contributed by atoms with Crippen molar-refractivity contribution in [1.29, 1.82) is 0 Å². The number of morpholine rings is 1. The number of aromatic nitrogens is 1. The first-order valence-electron chi connectivity index (χ1n) is 12.7. The highest BCUT2D eigenvalue weighted by atomic mass is 79.9. The Balaban J connectivity index is 1.49. The Morgan fingerprint density at radius 1 is 0.974 bits per heavy atom. The van der Waals surface area contributed by atoms with E-state index >= 15 is 0 Å². The number of pyridine rings is 1. The molecule has 3 aromatic carbocycles. The second kappa shape index (κ2) is 10.6. The van der Waals surface area contributed by atoms with Crippen molar-refractivity contribution in [3.05, 3.63) is 105 Å². The number of rotatable bonds is 5. The Hall–Kier alpha value is -3.59. The number of nitrogens with one attached hydrogen (secondary N) is 1. The van der Waals surface area contributed by atoms with Gasteiger partial charge in [0.15, 0.2) is 0 Å². The van der Waals surface area contributed by atoms with Crippen LogP contribution in [0.1, 0.15) is 23.6 Å². The number of fused-ring (bicyclic) bond motifs is 1. The molecular formula is C30H27BrN4O3. The van der Waals surface area contributed by atoms with Gasteiger partial charge in [-0.3, -0.25) is 14.5 Å². The summed E-state index contributed by atoms with van der Waals surface area (Å²) in [5.74, 6) is -0.0861. The largest absolute Gasteiger partial charge is 0.379 e. The number of carbonyl (C=O) groups excluding carboxylic acids is 1. The Morgan fingerprint density at radius 3 is 2.42 bits per heavy atom. The van der Waals surface area contributed by atoms with Gasteiger partial charge in [0.2, 0.25) is 0 Å².